The molecule has 0 N–H and O–H groups in total. The maximum Gasteiger partial charge on any atom is 0.349 e. The molecule has 160 valence electrons. The largest absolute Gasteiger partial charge is 0.455 e. The third-order valence-corrected chi connectivity index (χ3v) is 5.01. The quantitative estimate of drug-likeness (QED) is 0.346. The molecule has 3 aromatic heterocycles. The predicted molar refractivity (Wildman–Crippen MR) is 118 cm³/mol. The molecular weight excluding hydrogens is 392 g/mol. The van der Waals surface area contributed by atoms with Crippen molar-refractivity contribution in [1.82, 2.24) is 14.0 Å². The molecule has 0 aromatic carbocycles. The lowest BCUT2D eigenvalue weighted by Gasteiger charge is -2.12. The number of ether oxygens (including phenoxy) is 1. The zero-order valence-electron chi connectivity index (χ0n) is 18.5. The van der Waals surface area contributed by atoms with Crippen LogP contribution in [0, 0.1) is 38.0 Å². The van der Waals surface area contributed by atoms with Crippen molar-refractivity contribution in [1.29, 1.82) is 5.26 Å². The Balaban J connectivity index is 1.80. The summed E-state index contributed by atoms with van der Waals surface area (Å²) < 4.78 is 8.89. The second-order valence-electron chi connectivity index (χ2n) is 8.10. The normalized spacial score (nSPS) is 11.7. The Morgan fingerprint density at radius 1 is 1.26 bits per heavy atom. The minimum atomic E-state index is -0.748. The fourth-order valence-electron chi connectivity index (χ4n) is 3.46. The summed E-state index contributed by atoms with van der Waals surface area (Å²) in [5.41, 5.74) is 4.25. The van der Waals surface area contributed by atoms with Crippen LogP contribution in [0.25, 0.3) is 11.7 Å². The monoisotopic (exact) mass is 418 g/mol. The Hall–Kier alpha value is -3.66. The highest BCUT2D eigenvalue weighted by atomic mass is 16.5. The van der Waals surface area contributed by atoms with E-state index in [1.54, 1.807) is 18.3 Å². The minimum Gasteiger partial charge on any atom is -0.455 e. The molecule has 0 unspecified atom stereocenters. The minimum absolute atomic E-state index is 0.0991. The summed E-state index contributed by atoms with van der Waals surface area (Å²) in [6, 6.07) is 8.79. The van der Waals surface area contributed by atoms with Crippen molar-refractivity contribution in [3.8, 4) is 6.07 Å². The number of hydrogen-bond acceptors (Lipinski definition) is 5. The number of esters is 1. The molecule has 0 aliphatic rings. The van der Waals surface area contributed by atoms with Gasteiger partial charge in [-0.25, -0.2) is 9.78 Å². The number of nitriles is 1. The van der Waals surface area contributed by atoms with Gasteiger partial charge in [-0.15, -0.1) is 0 Å². The van der Waals surface area contributed by atoms with Gasteiger partial charge in [0.25, 0.3) is 5.56 Å². The van der Waals surface area contributed by atoms with Crippen LogP contribution >= 0.6 is 0 Å². The Kier molecular flexibility index (Phi) is 6.40. The highest BCUT2D eigenvalue weighted by Gasteiger charge is 2.15. The number of hydrogen-bond donors (Lipinski definition) is 0. The maximum absolute atomic E-state index is 12.5. The molecule has 0 aliphatic carbocycles. The van der Waals surface area contributed by atoms with Gasteiger partial charge in [-0.3, -0.25) is 9.20 Å². The molecule has 0 fully saturated rings. The summed E-state index contributed by atoms with van der Waals surface area (Å²) in [5.74, 6) is -0.272. The molecule has 31 heavy (non-hydrogen) atoms. The first-order chi connectivity index (χ1) is 14.7. The van der Waals surface area contributed by atoms with Crippen molar-refractivity contribution in [3.63, 3.8) is 0 Å². The fourth-order valence-corrected chi connectivity index (χ4v) is 3.46. The molecule has 7 heteroatoms. The van der Waals surface area contributed by atoms with Gasteiger partial charge < -0.3 is 9.30 Å². The molecule has 0 saturated carbocycles. The molecule has 3 heterocycles. The Morgan fingerprint density at radius 2 is 2.00 bits per heavy atom. The topological polar surface area (TPSA) is 89.4 Å². The first-order valence-electron chi connectivity index (χ1n) is 10.1. The number of aryl methyl sites for hydroxylation is 2. The van der Waals surface area contributed by atoms with E-state index in [2.05, 4.69) is 23.4 Å². The maximum atomic E-state index is 12.5. The molecule has 7 nitrogen and oxygen atoms in total. The van der Waals surface area contributed by atoms with E-state index in [-0.39, 0.29) is 17.7 Å². The number of carbonyl (C=O) groups is 1. The van der Waals surface area contributed by atoms with Crippen LogP contribution in [0.5, 0.6) is 0 Å². The van der Waals surface area contributed by atoms with E-state index >= 15 is 0 Å². The van der Waals surface area contributed by atoms with Crippen molar-refractivity contribution in [2.24, 2.45) is 5.92 Å². The molecule has 0 saturated heterocycles. The van der Waals surface area contributed by atoms with E-state index in [1.807, 2.05) is 39.0 Å². The third kappa shape index (κ3) is 4.92. The lowest BCUT2D eigenvalue weighted by molar-refractivity contribution is -0.139. The SMILES string of the molecule is Cc1ccc2nc(COC(=O)/C(C#N)=C/c3cc(C)n(CC(C)C)c3C)cc(=O)n2c1. The first-order valence-corrected chi connectivity index (χ1v) is 10.1. The third-order valence-electron chi connectivity index (χ3n) is 5.01. The molecule has 0 atom stereocenters. The van der Waals surface area contributed by atoms with Gasteiger partial charge in [-0.1, -0.05) is 19.9 Å². The van der Waals surface area contributed by atoms with Gasteiger partial charge in [0.15, 0.2) is 0 Å². The summed E-state index contributed by atoms with van der Waals surface area (Å²) >= 11 is 0. The van der Waals surface area contributed by atoms with Crippen molar-refractivity contribution in [3.05, 3.63) is 74.6 Å². The van der Waals surface area contributed by atoms with E-state index < -0.39 is 5.97 Å². The van der Waals surface area contributed by atoms with E-state index in [9.17, 15) is 14.9 Å². The number of aromatic nitrogens is 3. The highest BCUT2D eigenvalue weighted by molar-refractivity contribution is 5.98. The molecule has 3 rings (SSSR count). The number of carbonyl (C=O) groups excluding carboxylic acids is 1. The van der Waals surface area contributed by atoms with Crippen molar-refractivity contribution < 1.29 is 9.53 Å². The van der Waals surface area contributed by atoms with E-state index in [0.29, 0.717) is 17.3 Å². The van der Waals surface area contributed by atoms with Crippen LogP contribution in [0.15, 0.2) is 40.8 Å². The van der Waals surface area contributed by atoms with Gasteiger partial charge in [0.1, 0.15) is 23.9 Å². The van der Waals surface area contributed by atoms with Crippen LogP contribution in [0.1, 0.15) is 42.1 Å². The van der Waals surface area contributed by atoms with Crippen LogP contribution in [0.2, 0.25) is 0 Å². The second-order valence-corrected chi connectivity index (χ2v) is 8.10. The van der Waals surface area contributed by atoms with E-state index in [4.69, 9.17) is 4.74 Å². The van der Waals surface area contributed by atoms with Crippen LogP contribution in [0.3, 0.4) is 0 Å². The second kappa shape index (κ2) is 9.00. The van der Waals surface area contributed by atoms with Gasteiger partial charge in [-0.2, -0.15) is 5.26 Å². The average Bonchev–Trinajstić information content (AvgIpc) is 2.97. The lowest BCUT2D eigenvalue weighted by atomic mass is 10.1. The number of fused-ring (bicyclic) bond motifs is 1. The summed E-state index contributed by atoms with van der Waals surface area (Å²) in [4.78, 5) is 29.1. The van der Waals surface area contributed by atoms with Gasteiger partial charge >= 0.3 is 5.97 Å². The predicted octanol–water partition coefficient (Wildman–Crippen LogP) is 3.73. The molecule has 0 amide bonds. The summed E-state index contributed by atoms with van der Waals surface area (Å²) in [7, 11) is 0. The zero-order chi connectivity index (χ0) is 22.7. The van der Waals surface area contributed by atoms with Gasteiger partial charge in [-0.05, 0) is 56.0 Å². The standard InChI is InChI=1S/C24H26N4O3/c1-15(2)12-27-17(4)8-19(18(27)5)9-20(11-25)24(30)31-14-21-10-23(29)28-13-16(3)6-7-22(28)26-21/h6-10,13,15H,12,14H2,1-5H3/b20-9+. The summed E-state index contributed by atoms with van der Waals surface area (Å²) in [6.07, 6.45) is 3.25. The lowest BCUT2D eigenvalue weighted by Crippen LogP contribution is -2.17. The van der Waals surface area contributed by atoms with Gasteiger partial charge in [0.05, 0.1) is 5.69 Å². The van der Waals surface area contributed by atoms with Crippen LogP contribution in [-0.2, 0) is 22.7 Å². The number of pyridine rings is 1. The summed E-state index contributed by atoms with van der Waals surface area (Å²) in [6.45, 7) is 10.8. The molecule has 0 bridgehead atoms. The average molecular weight is 418 g/mol. The summed E-state index contributed by atoms with van der Waals surface area (Å²) in [5, 5.41) is 9.48. The van der Waals surface area contributed by atoms with E-state index in [0.717, 1.165) is 29.1 Å². The first kappa shape index (κ1) is 22.0. The fraction of sp³-hybridized carbons (Fsp3) is 0.333. The van der Waals surface area contributed by atoms with Gasteiger partial charge in [0, 0.05) is 30.2 Å². The number of rotatable bonds is 6. The molecule has 3 aromatic rings. The van der Waals surface area contributed by atoms with Crippen LogP contribution in [-0.4, -0.2) is 19.9 Å². The Morgan fingerprint density at radius 3 is 2.68 bits per heavy atom. The molecular formula is C24H26N4O3. The van der Waals surface area contributed by atoms with Crippen LogP contribution in [0.4, 0.5) is 0 Å². The van der Waals surface area contributed by atoms with E-state index in [1.165, 1.54) is 10.5 Å². The zero-order valence-corrected chi connectivity index (χ0v) is 18.5. The van der Waals surface area contributed by atoms with Gasteiger partial charge in [0.2, 0.25) is 0 Å². The molecule has 0 radical (unpaired) electrons. The highest BCUT2D eigenvalue weighted by Crippen LogP contribution is 2.20. The number of nitrogens with zero attached hydrogens (tertiary/aromatic N) is 4. The molecule has 0 aliphatic heterocycles. The van der Waals surface area contributed by atoms with Crippen LogP contribution < -0.4 is 5.56 Å². The smallest absolute Gasteiger partial charge is 0.349 e. The van der Waals surface area contributed by atoms with Crippen molar-refractivity contribution >= 4 is 17.7 Å². The van der Waals surface area contributed by atoms with Crippen molar-refractivity contribution in [2.75, 3.05) is 0 Å². The Bertz CT molecular complexity index is 1270. The van der Waals surface area contributed by atoms with Crippen molar-refractivity contribution in [2.45, 2.75) is 47.8 Å². The molecule has 0 spiro atoms. The Labute approximate surface area is 181 Å².